The zero-order valence-electron chi connectivity index (χ0n) is 19.7. The number of para-hydroxylation sites is 1. The number of anilines is 1. The second kappa shape index (κ2) is 9.96. The van der Waals surface area contributed by atoms with Crippen molar-refractivity contribution >= 4 is 40.6 Å². The lowest BCUT2D eigenvalue weighted by atomic mass is 9.91. The van der Waals surface area contributed by atoms with Crippen LogP contribution < -0.4 is 10.6 Å². The lowest BCUT2D eigenvalue weighted by Crippen LogP contribution is -2.42. The number of nitrogens with one attached hydrogen (secondary N) is 2. The molecule has 0 bridgehead atoms. The molecule has 2 aromatic heterocycles. The molecule has 10 nitrogen and oxygen atoms in total. The molecule has 1 aliphatic rings. The molecule has 3 aromatic rings. The first kappa shape index (κ1) is 23.9. The highest BCUT2D eigenvalue weighted by Gasteiger charge is 2.27. The normalized spacial score (nSPS) is 18.5. The molecular formula is C23H29N7O3S. The summed E-state index contributed by atoms with van der Waals surface area (Å²) in [5.41, 5.74) is 1.08. The average Bonchev–Trinajstić information content (AvgIpc) is 3.23. The second-order valence-corrected chi connectivity index (χ2v) is 10.0. The van der Waals surface area contributed by atoms with Gasteiger partial charge in [-0.05, 0) is 64.8 Å². The van der Waals surface area contributed by atoms with Gasteiger partial charge in [-0.25, -0.2) is 14.8 Å². The number of rotatable bonds is 5. The molecule has 1 fully saturated rings. The van der Waals surface area contributed by atoms with Crippen molar-refractivity contribution in [2.45, 2.75) is 69.3 Å². The second-order valence-electron chi connectivity index (χ2n) is 9.25. The van der Waals surface area contributed by atoms with Gasteiger partial charge in [-0.3, -0.25) is 4.79 Å². The highest BCUT2D eigenvalue weighted by molar-refractivity contribution is 7.98. The van der Waals surface area contributed by atoms with E-state index in [1.165, 1.54) is 22.6 Å². The van der Waals surface area contributed by atoms with Crippen LogP contribution in [0.5, 0.6) is 0 Å². The third-order valence-electron chi connectivity index (χ3n) is 5.51. The summed E-state index contributed by atoms with van der Waals surface area (Å²) in [5.74, 6) is 0.136. The predicted molar refractivity (Wildman–Crippen MR) is 130 cm³/mol. The SMILES string of the molecule is CSc1ncc(C(=O)n2nnc3ccccc32)c(NC2CCC(NC(=O)OC(C)(C)C)CC2)n1. The summed E-state index contributed by atoms with van der Waals surface area (Å²) < 4.78 is 6.64. The van der Waals surface area contributed by atoms with Crippen LogP contribution in [0.1, 0.15) is 56.8 Å². The maximum atomic E-state index is 13.3. The quantitative estimate of drug-likeness (QED) is 0.411. The lowest BCUT2D eigenvalue weighted by molar-refractivity contribution is 0.0492. The molecule has 180 valence electrons. The summed E-state index contributed by atoms with van der Waals surface area (Å²) in [7, 11) is 0. The van der Waals surface area contributed by atoms with Crippen molar-refractivity contribution in [3.63, 3.8) is 0 Å². The Bertz CT molecular complexity index is 1180. The molecular weight excluding hydrogens is 454 g/mol. The molecule has 0 unspecified atom stereocenters. The summed E-state index contributed by atoms with van der Waals surface area (Å²) in [6, 6.07) is 7.47. The number of fused-ring (bicyclic) bond motifs is 1. The van der Waals surface area contributed by atoms with Crippen LogP contribution >= 0.6 is 11.8 Å². The van der Waals surface area contributed by atoms with Crippen molar-refractivity contribution in [3.05, 3.63) is 36.0 Å². The van der Waals surface area contributed by atoms with E-state index in [1.807, 2.05) is 45.2 Å². The van der Waals surface area contributed by atoms with Crippen molar-refractivity contribution < 1.29 is 14.3 Å². The molecule has 2 heterocycles. The van der Waals surface area contributed by atoms with Crippen LogP contribution in [0.25, 0.3) is 11.0 Å². The Hall–Kier alpha value is -3.21. The topological polar surface area (TPSA) is 124 Å². The number of thioether (sulfide) groups is 1. The van der Waals surface area contributed by atoms with E-state index in [4.69, 9.17) is 4.74 Å². The van der Waals surface area contributed by atoms with Crippen LogP contribution in [0.2, 0.25) is 0 Å². The van der Waals surface area contributed by atoms with E-state index in [0.29, 0.717) is 27.6 Å². The zero-order valence-corrected chi connectivity index (χ0v) is 20.6. The van der Waals surface area contributed by atoms with Gasteiger partial charge in [0, 0.05) is 18.3 Å². The summed E-state index contributed by atoms with van der Waals surface area (Å²) in [6.07, 6.45) is 6.27. The first-order chi connectivity index (χ1) is 16.2. The van der Waals surface area contributed by atoms with Gasteiger partial charge in [-0.15, -0.1) is 5.10 Å². The molecule has 0 radical (unpaired) electrons. The zero-order chi connectivity index (χ0) is 24.3. The molecule has 1 amide bonds. The summed E-state index contributed by atoms with van der Waals surface area (Å²) in [4.78, 5) is 34.3. The third kappa shape index (κ3) is 5.64. The summed E-state index contributed by atoms with van der Waals surface area (Å²) >= 11 is 1.41. The Kier molecular flexibility index (Phi) is 7.01. The van der Waals surface area contributed by atoms with Gasteiger partial charge in [0.15, 0.2) is 5.16 Å². The molecule has 34 heavy (non-hydrogen) atoms. The molecule has 2 N–H and O–H groups in total. The first-order valence-electron chi connectivity index (χ1n) is 11.3. The minimum atomic E-state index is -0.525. The van der Waals surface area contributed by atoms with Crippen LogP contribution in [-0.2, 0) is 4.74 Å². The predicted octanol–water partition coefficient (Wildman–Crippen LogP) is 3.88. The van der Waals surface area contributed by atoms with Gasteiger partial charge in [0.25, 0.3) is 5.91 Å². The Balaban J connectivity index is 1.46. The monoisotopic (exact) mass is 483 g/mol. The number of hydrogen-bond acceptors (Lipinski definition) is 9. The number of carbonyl (C=O) groups excluding carboxylic acids is 2. The van der Waals surface area contributed by atoms with Crippen LogP contribution in [-0.4, -0.2) is 60.9 Å². The summed E-state index contributed by atoms with van der Waals surface area (Å²) in [5, 5.41) is 15.1. The van der Waals surface area contributed by atoms with Gasteiger partial charge in [0.05, 0.1) is 5.52 Å². The number of aromatic nitrogens is 5. The highest BCUT2D eigenvalue weighted by Crippen LogP contribution is 2.25. The van der Waals surface area contributed by atoms with E-state index in [9.17, 15) is 9.59 Å². The standard InChI is InChI=1S/C23H29N7O3S/c1-23(2,3)33-22(32)26-15-11-9-14(10-12-15)25-19-16(13-24-21(27-19)34-4)20(31)30-18-8-6-5-7-17(18)28-29-30/h5-8,13-15H,9-12H2,1-4H3,(H,26,32)(H,24,25,27). The largest absolute Gasteiger partial charge is 0.444 e. The minimum absolute atomic E-state index is 0.0580. The van der Waals surface area contributed by atoms with Crippen molar-refractivity contribution in [2.24, 2.45) is 0 Å². The third-order valence-corrected chi connectivity index (χ3v) is 6.07. The van der Waals surface area contributed by atoms with E-state index < -0.39 is 11.7 Å². The van der Waals surface area contributed by atoms with Gasteiger partial charge in [0.1, 0.15) is 22.5 Å². The lowest BCUT2D eigenvalue weighted by Gasteiger charge is -2.31. The molecule has 1 aromatic carbocycles. The number of hydrogen-bond donors (Lipinski definition) is 2. The van der Waals surface area contributed by atoms with Gasteiger partial charge >= 0.3 is 6.09 Å². The number of amides is 1. The van der Waals surface area contributed by atoms with Crippen molar-refractivity contribution in [1.82, 2.24) is 30.3 Å². The van der Waals surface area contributed by atoms with Crippen LogP contribution in [0.4, 0.5) is 10.6 Å². The first-order valence-corrected chi connectivity index (χ1v) is 12.5. The van der Waals surface area contributed by atoms with Gasteiger partial charge in [0.2, 0.25) is 0 Å². The fourth-order valence-electron chi connectivity index (χ4n) is 3.91. The Morgan fingerprint density at radius 2 is 1.82 bits per heavy atom. The number of benzene rings is 1. The molecule has 1 saturated carbocycles. The Morgan fingerprint density at radius 1 is 1.12 bits per heavy atom. The number of alkyl carbamates (subject to hydrolysis) is 1. The van der Waals surface area contributed by atoms with Crippen molar-refractivity contribution in [3.8, 4) is 0 Å². The Morgan fingerprint density at radius 3 is 2.53 bits per heavy atom. The van der Waals surface area contributed by atoms with Crippen LogP contribution in [0.3, 0.4) is 0 Å². The van der Waals surface area contributed by atoms with Crippen molar-refractivity contribution in [1.29, 1.82) is 0 Å². The van der Waals surface area contributed by atoms with Gasteiger partial charge in [-0.2, -0.15) is 4.68 Å². The molecule has 4 rings (SSSR count). The fraction of sp³-hybridized carbons (Fsp3) is 0.478. The van der Waals surface area contributed by atoms with E-state index in [-0.39, 0.29) is 18.0 Å². The maximum absolute atomic E-state index is 13.3. The number of ether oxygens (including phenoxy) is 1. The average molecular weight is 484 g/mol. The summed E-state index contributed by atoms with van der Waals surface area (Å²) in [6.45, 7) is 5.54. The van der Waals surface area contributed by atoms with Crippen LogP contribution in [0.15, 0.2) is 35.6 Å². The Labute approximate surface area is 202 Å². The van der Waals surface area contributed by atoms with E-state index in [2.05, 4.69) is 30.9 Å². The highest BCUT2D eigenvalue weighted by atomic mass is 32.2. The fourth-order valence-corrected chi connectivity index (χ4v) is 4.25. The van der Waals surface area contributed by atoms with E-state index in [0.717, 1.165) is 25.7 Å². The van der Waals surface area contributed by atoms with Crippen molar-refractivity contribution in [2.75, 3.05) is 11.6 Å². The molecule has 0 saturated heterocycles. The van der Waals surface area contributed by atoms with E-state index >= 15 is 0 Å². The van der Waals surface area contributed by atoms with Gasteiger partial charge in [-0.1, -0.05) is 29.1 Å². The molecule has 11 heteroatoms. The van der Waals surface area contributed by atoms with E-state index in [1.54, 1.807) is 6.07 Å². The number of carbonyl (C=O) groups is 2. The molecule has 0 spiro atoms. The smallest absolute Gasteiger partial charge is 0.407 e. The van der Waals surface area contributed by atoms with Crippen LogP contribution in [0, 0.1) is 0 Å². The number of nitrogens with zero attached hydrogens (tertiary/aromatic N) is 5. The maximum Gasteiger partial charge on any atom is 0.407 e. The molecule has 0 atom stereocenters. The van der Waals surface area contributed by atoms with Gasteiger partial charge < -0.3 is 15.4 Å². The minimum Gasteiger partial charge on any atom is -0.444 e. The molecule has 1 aliphatic carbocycles. The molecule has 0 aliphatic heterocycles.